The summed E-state index contributed by atoms with van der Waals surface area (Å²) >= 11 is 0. The minimum absolute atomic E-state index is 0.163. The second-order valence-corrected chi connectivity index (χ2v) is 5.99. The van der Waals surface area contributed by atoms with E-state index in [2.05, 4.69) is 15.7 Å². The van der Waals surface area contributed by atoms with Crippen molar-refractivity contribution in [3.63, 3.8) is 0 Å². The van der Waals surface area contributed by atoms with Gasteiger partial charge in [-0.1, -0.05) is 12.1 Å². The number of hydrogen-bond donors (Lipinski definition) is 3. The van der Waals surface area contributed by atoms with E-state index in [4.69, 9.17) is 9.84 Å². The number of hydrogen-bond acceptors (Lipinski definition) is 5. The zero-order valence-electron chi connectivity index (χ0n) is 15.5. The monoisotopic (exact) mass is 380 g/mol. The molecule has 0 spiro atoms. The largest absolute Gasteiger partial charge is 0.497 e. The molecule has 8 nitrogen and oxygen atoms in total. The van der Waals surface area contributed by atoms with Gasteiger partial charge in [0.15, 0.2) is 0 Å². The van der Waals surface area contributed by atoms with Gasteiger partial charge in [0.2, 0.25) is 5.91 Å². The predicted molar refractivity (Wildman–Crippen MR) is 105 cm³/mol. The van der Waals surface area contributed by atoms with E-state index in [1.54, 1.807) is 49.2 Å². The second kappa shape index (κ2) is 8.36. The molecule has 8 heteroatoms. The van der Waals surface area contributed by atoms with E-state index in [-0.39, 0.29) is 18.0 Å². The molecule has 0 saturated carbocycles. The topological polar surface area (TPSA) is 105 Å². The van der Waals surface area contributed by atoms with E-state index in [0.717, 1.165) is 11.3 Å². The van der Waals surface area contributed by atoms with Gasteiger partial charge >= 0.3 is 5.97 Å². The van der Waals surface area contributed by atoms with Crippen molar-refractivity contribution in [3.05, 3.63) is 60.2 Å². The number of aromatic nitrogens is 2. The quantitative estimate of drug-likeness (QED) is 0.581. The van der Waals surface area contributed by atoms with E-state index in [1.165, 1.54) is 12.1 Å². The zero-order chi connectivity index (χ0) is 20.1. The van der Waals surface area contributed by atoms with Crippen LogP contribution in [0.25, 0.3) is 16.9 Å². The lowest BCUT2D eigenvalue weighted by Gasteiger charge is -2.09. The van der Waals surface area contributed by atoms with Crippen LogP contribution in [-0.2, 0) is 4.79 Å². The van der Waals surface area contributed by atoms with Crippen LogP contribution in [-0.4, -0.2) is 47.5 Å². The SMILES string of the molecule is CNCC(=O)Nc1cc(-c2ccc(C(=O)O)cc2)nn1-c1ccc(OC)cc1. The van der Waals surface area contributed by atoms with Gasteiger partial charge in [-0.3, -0.25) is 4.79 Å². The molecule has 0 bridgehead atoms. The summed E-state index contributed by atoms with van der Waals surface area (Å²) in [7, 11) is 3.28. The number of carbonyl (C=O) groups is 2. The van der Waals surface area contributed by atoms with E-state index < -0.39 is 5.97 Å². The molecule has 0 aliphatic heterocycles. The number of benzene rings is 2. The summed E-state index contributed by atoms with van der Waals surface area (Å²) < 4.78 is 6.80. The molecule has 28 heavy (non-hydrogen) atoms. The standard InChI is InChI=1S/C20H20N4O4/c1-21-12-19(25)22-18-11-17(13-3-5-14(6-4-13)20(26)27)23-24(18)15-7-9-16(28-2)10-8-15/h3-11,21H,12H2,1-2H3,(H,22,25)(H,26,27). The predicted octanol–water partition coefficient (Wildman–Crippen LogP) is 2.40. The molecule has 3 rings (SSSR count). The van der Waals surface area contributed by atoms with Crippen LogP contribution in [0.3, 0.4) is 0 Å². The molecule has 2 aromatic carbocycles. The summed E-state index contributed by atoms with van der Waals surface area (Å²) in [5.41, 5.74) is 2.28. The average molecular weight is 380 g/mol. The van der Waals surface area contributed by atoms with Crippen LogP contribution in [0.4, 0.5) is 5.82 Å². The lowest BCUT2D eigenvalue weighted by molar-refractivity contribution is -0.115. The molecular formula is C20H20N4O4. The fourth-order valence-electron chi connectivity index (χ4n) is 2.66. The highest BCUT2D eigenvalue weighted by Gasteiger charge is 2.14. The summed E-state index contributed by atoms with van der Waals surface area (Å²) in [6.45, 7) is 0.163. The molecule has 1 aromatic heterocycles. The summed E-state index contributed by atoms with van der Waals surface area (Å²) in [6, 6.07) is 15.4. The maximum atomic E-state index is 12.1. The number of amides is 1. The van der Waals surface area contributed by atoms with E-state index in [9.17, 15) is 9.59 Å². The van der Waals surface area contributed by atoms with Crippen LogP contribution in [0.15, 0.2) is 54.6 Å². The van der Waals surface area contributed by atoms with Gasteiger partial charge in [0, 0.05) is 11.6 Å². The van der Waals surface area contributed by atoms with E-state index >= 15 is 0 Å². The fourth-order valence-corrected chi connectivity index (χ4v) is 2.66. The molecule has 0 unspecified atom stereocenters. The normalized spacial score (nSPS) is 10.5. The minimum atomic E-state index is -0.990. The third-order valence-corrected chi connectivity index (χ3v) is 4.06. The number of rotatable bonds is 7. The van der Waals surface area contributed by atoms with Crippen molar-refractivity contribution >= 4 is 17.7 Å². The van der Waals surface area contributed by atoms with Crippen molar-refractivity contribution in [2.24, 2.45) is 0 Å². The Hall–Kier alpha value is -3.65. The molecule has 0 aliphatic carbocycles. The van der Waals surface area contributed by atoms with Crippen LogP contribution in [0, 0.1) is 0 Å². The maximum Gasteiger partial charge on any atom is 0.335 e. The van der Waals surface area contributed by atoms with Gasteiger partial charge in [0.1, 0.15) is 11.6 Å². The molecule has 0 aliphatic rings. The van der Waals surface area contributed by atoms with Crippen LogP contribution in [0.1, 0.15) is 10.4 Å². The highest BCUT2D eigenvalue weighted by molar-refractivity contribution is 5.92. The number of carboxylic acid groups (broad SMARTS) is 1. The first kappa shape index (κ1) is 19.1. The number of ether oxygens (including phenoxy) is 1. The zero-order valence-corrected chi connectivity index (χ0v) is 15.5. The van der Waals surface area contributed by atoms with Crippen LogP contribution >= 0.6 is 0 Å². The van der Waals surface area contributed by atoms with Gasteiger partial charge < -0.3 is 20.5 Å². The molecule has 0 fully saturated rings. The van der Waals surface area contributed by atoms with Crippen molar-refractivity contribution in [3.8, 4) is 22.7 Å². The molecular weight excluding hydrogens is 360 g/mol. The van der Waals surface area contributed by atoms with Crippen molar-refractivity contribution in [1.82, 2.24) is 15.1 Å². The number of anilines is 1. The minimum Gasteiger partial charge on any atom is -0.497 e. The molecule has 3 N–H and O–H groups in total. The molecule has 1 amide bonds. The molecule has 144 valence electrons. The van der Waals surface area contributed by atoms with Crippen LogP contribution < -0.4 is 15.4 Å². The van der Waals surface area contributed by atoms with Crippen molar-refractivity contribution in [2.45, 2.75) is 0 Å². The number of carboxylic acids is 1. The van der Waals surface area contributed by atoms with Gasteiger partial charge in [-0.15, -0.1) is 0 Å². The highest BCUT2D eigenvalue weighted by atomic mass is 16.5. The van der Waals surface area contributed by atoms with Gasteiger partial charge in [-0.05, 0) is 43.4 Å². The van der Waals surface area contributed by atoms with Crippen LogP contribution in [0.5, 0.6) is 5.75 Å². The first-order valence-electron chi connectivity index (χ1n) is 8.54. The summed E-state index contributed by atoms with van der Waals surface area (Å²) in [4.78, 5) is 23.1. The lowest BCUT2D eigenvalue weighted by atomic mass is 10.1. The Kier molecular flexibility index (Phi) is 5.71. The Bertz CT molecular complexity index is 978. The lowest BCUT2D eigenvalue weighted by Crippen LogP contribution is -2.26. The molecule has 0 atom stereocenters. The van der Waals surface area contributed by atoms with Gasteiger partial charge in [-0.2, -0.15) is 5.10 Å². The number of carbonyl (C=O) groups excluding carboxylic acids is 1. The first-order chi connectivity index (χ1) is 13.5. The summed E-state index contributed by atoms with van der Waals surface area (Å²) in [6.07, 6.45) is 0. The average Bonchev–Trinajstić information content (AvgIpc) is 3.12. The first-order valence-corrected chi connectivity index (χ1v) is 8.54. The third kappa shape index (κ3) is 4.18. The third-order valence-electron chi connectivity index (χ3n) is 4.06. The Morgan fingerprint density at radius 3 is 2.36 bits per heavy atom. The number of aromatic carboxylic acids is 1. The Morgan fingerprint density at radius 1 is 1.11 bits per heavy atom. The molecule has 1 heterocycles. The Balaban J connectivity index is 2.00. The highest BCUT2D eigenvalue weighted by Crippen LogP contribution is 2.26. The molecule has 0 saturated heterocycles. The molecule has 3 aromatic rings. The van der Waals surface area contributed by atoms with Crippen molar-refractivity contribution < 1.29 is 19.4 Å². The Labute approximate surface area is 161 Å². The maximum absolute atomic E-state index is 12.1. The fraction of sp³-hybridized carbons (Fsp3) is 0.150. The number of nitrogens with zero attached hydrogens (tertiary/aromatic N) is 2. The Morgan fingerprint density at radius 2 is 1.79 bits per heavy atom. The number of methoxy groups -OCH3 is 1. The summed E-state index contributed by atoms with van der Waals surface area (Å²) in [5, 5.41) is 19.3. The number of nitrogens with one attached hydrogen (secondary N) is 2. The second-order valence-electron chi connectivity index (χ2n) is 5.99. The van der Waals surface area contributed by atoms with Gasteiger partial charge in [0.25, 0.3) is 0 Å². The van der Waals surface area contributed by atoms with Gasteiger partial charge in [0.05, 0.1) is 30.6 Å². The van der Waals surface area contributed by atoms with E-state index in [1.807, 2.05) is 12.1 Å². The van der Waals surface area contributed by atoms with Gasteiger partial charge in [-0.25, -0.2) is 9.48 Å². The van der Waals surface area contributed by atoms with E-state index in [0.29, 0.717) is 17.3 Å². The van der Waals surface area contributed by atoms with Crippen LogP contribution in [0.2, 0.25) is 0 Å². The van der Waals surface area contributed by atoms with Crippen molar-refractivity contribution in [2.75, 3.05) is 26.0 Å². The number of likely N-dealkylation sites (N-methyl/N-ethyl adjacent to an activating group) is 1. The molecule has 0 radical (unpaired) electrons. The van der Waals surface area contributed by atoms with Crippen molar-refractivity contribution in [1.29, 1.82) is 0 Å². The smallest absolute Gasteiger partial charge is 0.335 e. The summed E-state index contributed by atoms with van der Waals surface area (Å²) in [5.74, 6) is 0.0177.